The number of carbonyl (C=O) groups excluding carboxylic acids is 2. The van der Waals surface area contributed by atoms with Crippen molar-refractivity contribution in [2.45, 2.75) is 19.8 Å². The molecule has 7 nitrogen and oxygen atoms in total. The molecule has 0 spiro atoms. The van der Waals surface area contributed by atoms with Gasteiger partial charge in [0.05, 0.1) is 17.1 Å². The van der Waals surface area contributed by atoms with Gasteiger partial charge in [-0.05, 0) is 43.0 Å². The minimum atomic E-state index is -0.735. The molecule has 1 aliphatic rings. The molecule has 2 N–H and O–H groups in total. The smallest absolute Gasteiger partial charge is 0.346 e. The second-order valence-electron chi connectivity index (χ2n) is 6.57. The van der Waals surface area contributed by atoms with E-state index in [0.717, 1.165) is 35.3 Å². The minimum absolute atomic E-state index is 0.0458. The maximum atomic E-state index is 13.1. The van der Waals surface area contributed by atoms with Crippen LogP contribution in [-0.2, 0) is 22.4 Å². The third-order valence-corrected chi connectivity index (χ3v) is 4.80. The fraction of sp³-hybridized carbons (Fsp3) is 0.190. The van der Waals surface area contributed by atoms with Crippen LogP contribution in [0.25, 0.3) is 0 Å². The van der Waals surface area contributed by atoms with Gasteiger partial charge in [0.1, 0.15) is 5.56 Å². The molecular weight excluding hydrogens is 358 g/mol. The number of fused-ring (bicyclic) bond motifs is 2. The number of para-hydroxylation sites is 2. The molecular formula is C21H19N3O4. The van der Waals surface area contributed by atoms with Crippen molar-refractivity contribution < 1.29 is 18.8 Å². The van der Waals surface area contributed by atoms with Gasteiger partial charge >= 0.3 is 5.97 Å². The first-order valence-corrected chi connectivity index (χ1v) is 8.94. The average Bonchev–Trinajstić information content (AvgIpc) is 2.95. The van der Waals surface area contributed by atoms with Crippen molar-refractivity contribution in [3.63, 3.8) is 0 Å². The number of benzene rings is 2. The van der Waals surface area contributed by atoms with Crippen LogP contribution in [0.3, 0.4) is 0 Å². The maximum absolute atomic E-state index is 13.1. The van der Waals surface area contributed by atoms with Gasteiger partial charge in [0.25, 0.3) is 5.91 Å². The van der Waals surface area contributed by atoms with Crippen LogP contribution in [0.5, 0.6) is 0 Å². The lowest BCUT2D eigenvalue weighted by atomic mass is 10.0. The van der Waals surface area contributed by atoms with E-state index in [4.69, 9.17) is 15.0 Å². The Morgan fingerprint density at radius 2 is 1.64 bits per heavy atom. The number of rotatable bonds is 3. The average molecular weight is 377 g/mol. The zero-order valence-electron chi connectivity index (χ0n) is 15.3. The molecule has 0 saturated heterocycles. The van der Waals surface area contributed by atoms with Crippen LogP contribution in [0.4, 0.5) is 17.3 Å². The van der Waals surface area contributed by atoms with E-state index in [2.05, 4.69) is 5.16 Å². The van der Waals surface area contributed by atoms with Crippen molar-refractivity contribution in [3.05, 3.63) is 70.9 Å². The highest BCUT2D eigenvalue weighted by Gasteiger charge is 2.27. The molecule has 7 heteroatoms. The van der Waals surface area contributed by atoms with E-state index >= 15 is 0 Å². The van der Waals surface area contributed by atoms with Gasteiger partial charge in [-0.3, -0.25) is 9.69 Å². The van der Waals surface area contributed by atoms with Crippen LogP contribution in [0.2, 0.25) is 0 Å². The van der Waals surface area contributed by atoms with Gasteiger partial charge in [0.15, 0.2) is 6.61 Å². The molecule has 0 saturated carbocycles. The molecule has 0 aliphatic carbocycles. The minimum Gasteiger partial charge on any atom is -0.452 e. The number of ether oxygens (including phenoxy) is 1. The Labute approximate surface area is 161 Å². The lowest BCUT2D eigenvalue weighted by molar-refractivity contribution is -0.120. The number of anilines is 3. The summed E-state index contributed by atoms with van der Waals surface area (Å²) < 4.78 is 10.0. The lowest BCUT2D eigenvalue weighted by Crippen LogP contribution is -2.31. The number of nitrogens with two attached hydrogens (primary N) is 1. The van der Waals surface area contributed by atoms with E-state index < -0.39 is 12.6 Å². The van der Waals surface area contributed by atoms with E-state index in [1.54, 1.807) is 11.8 Å². The summed E-state index contributed by atoms with van der Waals surface area (Å²) >= 11 is 0. The highest BCUT2D eigenvalue weighted by atomic mass is 16.5. The third kappa shape index (κ3) is 3.11. The maximum Gasteiger partial charge on any atom is 0.346 e. The Morgan fingerprint density at radius 1 is 1.07 bits per heavy atom. The normalized spacial score (nSPS) is 12.7. The quantitative estimate of drug-likeness (QED) is 0.704. The summed E-state index contributed by atoms with van der Waals surface area (Å²) in [5.41, 5.74) is 9.71. The summed E-state index contributed by atoms with van der Waals surface area (Å²) in [4.78, 5) is 27.0. The van der Waals surface area contributed by atoms with Gasteiger partial charge in [-0.1, -0.05) is 41.6 Å². The molecule has 0 unspecified atom stereocenters. The van der Waals surface area contributed by atoms with E-state index in [9.17, 15) is 9.59 Å². The number of aryl methyl sites for hydroxylation is 3. The summed E-state index contributed by atoms with van der Waals surface area (Å²) in [5.74, 6) is -1.20. The summed E-state index contributed by atoms with van der Waals surface area (Å²) in [6.07, 6.45) is 1.65. The number of nitrogen functional groups attached to an aromatic ring is 1. The van der Waals surface area contributed by atoms with Gasteiger partial charge < -0.3 is 15.0 Å². The molecule has 0 bridgehead atoms. The number of hydrogen-bond acceptors (Lipinski definition) is 6. The second kappa shape index (κ2) is 7.19. The van der Waals surface area contributed by atoms with Crippen LogP contribution in [0, 0.1) is 6.92 Å². The number of amides is 1. The van der Waals surface area contributed by atoms with Crippen LogP contribution < -0.4 is 10.6 Å². The van der Waals surface area contributed by atoms with Gasteiger partial charge in [0.2, 0.25) is 5.88 Å². The van der Waals surface area contributed by atoms with Crippen molar-refractivity contribution in [2.24, 2.45) is 0 Å². The van der Waals surface area contributed by atoms with E-state index in [0.29, 0.717) is 5.69 Å². The molecule has 1 aromatic heterocycles. The van der Waals surface area contributed by atoms with Crippen molar-refractivity contribution >= 4 is 29.1 Å². The fourth-order valence-corrected chi connectivity index (χ4v) is 3.45. The Hall–Kier alpha value is -3.61. The lowest BCUT2D eigenvalue weighted by Gasteiger charge is -2.24. The van der Waals surface area contributed by atoms with Crippen molar-refractivity contribution in [2.75, 3.05) is 17.2 Å². The number of nitrogens with zero attached hydrogens (tertiary/aromatic N) is 2. The van der Waals surface area contributed by atoms with Crippen LogP contribution in [-0.4, -0.2) is 23.6 Å². The van der Waals surface area contributed by atoms with E-state index in [1.165, 1.54) is 0 Å². The van der Waals surface area contributed by atoms with Crippen molar-refractivity contribution in [1.82, 2.24) is 5.16 Å². The van der Waals surface area contributed by atoms with Gasteiger partial charge in [-0.15, -0.1) is 0 Å². The zero-order chi connectivity index (χ0) is 19.7. The first kappa shape index (κ1) is 17.8. The van der Waals surface area contributed by atoms with Gasteiger partial charge in [-0.25, -0.2) is 4.79 Å². The van der Waals surface area contributed by atoms with Crippen LogP contribution in [0.1, 0.15) is 27.2 Å². The van der Waals surface area contributed by atoms with E-state index in [-0.39, 0.29) is 17.4 Å². The highest BCUT2D eigenvalue weighted by molar-refractivity contribution is 6.04. The number of aromatic nitrogens is 1. The Bertz CT molecular complexity index is 990. The molecule has 1 amide bonds. The molecule has 0 fully saturated rings. The number of carbonyl (C=O) groups is 2. The van der Waals surface area contributed by atoms with Crippen molar-refractivity contribution in [3.8, 4) is 0 Å². The standard InChI is InChI=1S/C21H19N3O4/c1-13-19(20(22)28-23-13)21(26)27-12-18(25)24-16-8-4-2-6-14(16)10-11-15-7-3-5-9-17(15)24/h2-9H,10-12,22H2,1H3. The Balaban J connectivity index is 1.63. The Kier molecular flexibility index (Phi) is 4.57. The van der Waals surface area contributed by atoms with Gasteiger partial charge in [0, 0.05) is 0 Å². The molecule has 2 aromatic carbocycles. The predicted octanol–water partition coefficient (Wildman–Crippen LogP) is 3.19. The van der Waals surface area contributed by atoms with Crippen LogP contribution in [0.15, 0.2) is 53.1 Å². The largest absolute Gasteiger partial charge is 0.452 e. The SMILES string of the molecule is Cc1noc(N)c1C(=O)OCC(=O)N1c2ccccc2CCc2ccccc21. The summed E-state index contributed by atoms with van der Waals surface area (Å²) in [6, 6.07) is 15.5. The molecule has 4 rings (SSSR count). The first-order valence-electron chi connectivity index (χ1n) is 8.94. The van der Waals surface area contributed by atoms with Crippen LogP contribution >= 0.6 is 0 Å². The number of esters is 1. The topological polar surface area (TPSA) is 98.7 Å². The molecule has 0 atom stereocenters. The molecule has 142 valence electrons. The molecule has 3 aromatic rings. The monoisotopic (exact) mass is 377 g/mol. The van der Waals surface area contributed by atoms with Gasteiger partial charge in [-0.2, -0.15) is 0 Å². The molecule has 0 radical (unpaired) electrons. The molecule has 2 heterocycles. The molecule has 28 heavy (non-hydrogen) atoms. The zero-order valence-corrected chi connectivity index (χ0v) is 15.3. The summed E-state index contributed by atoms with van der Waals surface area (Å²) in [5, 5.41) is 3.63. The summed E-state index contributed by atoms with van der Waals surface area (Å²) in [7, 11) is 0. The predicted molar refractivity (Wildman–Crippen MR) is 103 cm³/mol. The number of hydrogen-bond donors (Lipinski definition) is 1. The third-order valence-electron chi connectivity index (χ3n) is 4.80. The second-order valence-corrected chi connectivity index (χ2v) is 6.57. The Morgan fingerprint density at radius 3 is 2.18 bits per heavy atom. The molecule has 1 aliphatic heterocycles. The fourth-order valence-electron chi connectivity index (χ4n) is 3.45. The highest BCUT2D eigenvalue weighted by Crippen LogP contribution is 2.36. The summed E-state index contributed by atoms with van der Waals surface area (Å²) in [6.45, 7) is 1.16. The first-order chi connectivity index (χ1) is 13.6. The van der Waals surface area contributed by atoms with E-state index in [1.807, 2.05) is 48.5 Å². The van der Waals surface area contributed by atoms with Crippen molar-refractivity contribution in [1.29, 1.82) is 0 Å².